The van der Waals surface area contributed by atoms with Crippen molar-refractivity contribution < 1.29 is 4.74 Å². The van der Waals surface area contributed by atoms with Crippen molar-refractivity contribution in [2.75, 3.05) is 33.8 Å². The quantitative estimate of drug-likeness (QED) is 0.880. The summed E-state index contributed by atoms with van der Waals surface area (Å²) in [6.07, 6.45) is 1.32. The fraction of sp³-hybridized carbons (Fsp3) is 0.600. The van der Waals surface area contributed by atoms with E-state index < -0.39 is 0 Å². The summed E-state index contributed by atoms with van der Waals surface area (Å²) < 4.78 is 5.93. The van der Waals surface area contributed by atoms with E-state index in [1.807, 2.05) is 7.05 Å². The molecule has 1 fully saturated rings. The third-order valence-corrected chi connectivity index (χ3v) is 3.70. The predicted molar refractivity (Wildman–Crippen MR) is 74.9 cm³/mol. The summed E-state index contributed by atoms with van der Waals surface area (Å²) in [6.45, 7) is 5.04. The highest BCUT2D eigenvalue weighted by Crippen LogP contribution is 2.22. The number of likely N-dealkylation sites (N-methyl/N-ethyl adjacent to an activating group) is 2. The van der Waals surface area contributed by atoms with Crippen LogP contribution in [0.2, 0.25) is 0 Å². The molecule has 0 bridgehead atoms. The van der Waals surface area contributed by atoms with E-state index in [0.29, 0.717) is 0 Å². The molecule has 0 radical (unpaired) electrons. The number of nitrogens with zero attached hydrogens (tertiary/aromatic N) is 1. The van der Waals surface area contributed by atoms with Crippen molar-refractivity contribution in [3.05, 3.63) is 35.4 Å². The Morgan fingerprint density at radius 2 is 2.33 bits per heavy atom. The van der Waals surface area contributed by atoms with Gasteiger partial charge in [0.25, 0.3) is 0 Å². The molecule has 1 heterocycles. The average molecular weight is 248 g/mol. The van der Waals surface area contributed by atoms with Gasteiger partial charge in [0, 0.05) is 13.1 Å². The minimum atomic E-state index is 0.237. The SMILES string of the molecule is CCc1cccc(C(NC)C2CN(C)CCO2)c1. The summed E-state index contributed by atoms with van der Waals surface area (Å²) in [6, 6.07) is 9.09. The Morgan fingerprint density at radius 3 is 3.00 bits per heavy atom. The van der Waals surface area contributed by atoms with Crippen molar-refractivity contribution in [1.82, 2.24) is 10.2 Å². The Balaban J connectivity index is 2.16. The Kier molecular flexibility index (Phi) is 4.75. The van der Waals surface area contributed by atoms with E-state index in [1.165, 1.54) is 11.1 Å². The van der Waals surface area contributed by atoms with Gasteiger partial charge < -0.3 is 15.0 Å². The van der Waals surface area contributed by atoms with E-state index >= 15 is 0 Å². The number of nitrogens with one attached hydrogen (secondary N) is 1. The number of rotatable bonds is 4. The number of benzene rings is 1. The first-order chi connectivity index (χ1) is 8.74. The van der Waals surface area contributed by atoms with Gasteiger partial charge in [0.05, 0.1) is 18.8 Å². The number of aryl methyl sites for hydroxylation is 1. The van der Waals surface area contributed by atoms with E-state index in [0.717, 1.165) is 26.1 Å². The van der Waals surface area contributed by atoms with Gasteiger partial charge >= 0.3 is 0 Å². The molecule has 2 atom stereocenters. The lowest BCUT2D eigenvalue weighted by atomic mass is 9.97. The first-order valence-corrected chi connectivity index (χ1v) is 6.81. The summed E-state index contributed by atoms with van der Waals surface area (Å²) in [7, 11) is 4.17. The molecular formula is C15H24N2O. The lowest BCUT2D eigenvalue weighted by Crippen LogP contribution is -2.46. The number of ether oxygens (including phenoxy) is 1. The van der Waals surface area contributed by atoms with Crippen molar-refractivity contribution in [3.8, 4) is 0 Å². The van der Waals surface area contributed by atoms with Crippen LogP contribution in [-0.4, -0.2) is 44.8 Å². The Bertz CT molecular complexity index is 381. The van der Waals surface area contributed by atoms with Crippen LogP contribution in [0.4, 0.5) is 0 Å². The molecule has 3 nitrogen and oxygen atoms in total. The molecule has 0 aliphatic carbocycles. The molecule has 1 saturated heterocycles. The van der Waals surface area contributed by atoms with Gasteiger partial charge in [-0.25, -0.2) is 0 Å². The highest BCUT2D eigenvalue weighted by atomic mass is 16.5. The first-order valence-electron chi connectivity index (χ1n) is 6.81. The smallest absolute Gasteiger partial charge is 0.0896 e. The Morgan fingerprint density at radius 1 is 1.50 bits per heavy atom. The minimum Gasteiger partial charge on any atom is -0.374 e. The third kappa shape index (κ3) is 3.10. The Labute approximate surface area is 110 Å². The van der Waals surface area contributed by atoms with Crippen LogP contribution >= 0.6 is 0 Å². The van der Waals surface area contributed by atoms with Gasteiger partial charge in [-0.15, -0.1) is 0 Å². The van der Waals surface area contributed by atoms with E-state index in [2.05, 4.69) is 48.5 Å². The molecule has 1 aromatic rings. The van der Waals surface area contributed by atoms with Crippen LogP contribution in [0.15, 0.2) is 24.3 Å². The molecule has 1 aliphatic heterocycles. The second-order valence-electron chi connectivity index (χ2n) is 5.04. The molecule has 0 saturated carbocycles. The van der Waals surface area contributed by atoms with Crippen LogP contribution in [0, 0.1) is 0 Å². The summed E-state index contributed by atoms with van der Waals surface area (Å²) in [5.74, 6) is 0. The molecule has 1 aromatic carbocycles. The topological polar surface area (TPSA) is 24.5 Å². The van der Waals surface area contributed by atoms with Crippen LogP contribution in [0.25, 0.3) is 0 Å². The molecule has 1 aliphatic rings. The second-order valence-corrected chi connectivity index (χ2v) is 5.04. The van der Waals surface area contributed by atoms with E-state index in [-0.39, 0.29) is 12.1 Å². The van der Waals surface area contributed by atoms with Crippen molar-refractivity contribution in [2.24, 2.45) is 0 Å². The molecule has 18 heavy (non-hydrogen) atoms. The first kappa shape index (κ1) is 13.5. The van der Waals surface area contributed by atoms with Gasteiger partial charge in [-0.05, 0) is 31.6 Å². The fourth-order valence-corrected chi connectivity index (χ4v) is 2.59. The molecule has 2 unspecified atom stereocenters. The second kappa shape index (κ2) is 6.32. The lowest BCUT2D eigenvalue weighted by molar-refractivity contribution is -0.0380. The van der Waals surface area contributed by atoms with Crippen LogP contribution in [0.5, 0.6) is 0 Å². The lowest BCUT2D eigenvalue weighted by Gasteiger charge is -2.35. The molecule has 3 heteroatoms. The van der Waals surface area contributed by atoms with Gasteiger partial charge in [0.1, 0.15) is 0 Å². The van der Waals surface area contributed by atoms with Crippen molar-refractivity contribution in [1.29, 1.82) is 0 Å². The summed E-state index contributed by atoms with van der Waals surface area (Å²) in [4.78, 5) is 2.34. The van der Waals surface area contributed by atoms with Gasteiger partial charge in [-0.2, -0.15) is 0 Å². The van der Waals surface area contributed by atoms with Crippen molar-refractivity contribution >= 4 is 0 Å². The normalized spacial score (nSPS) is 22.9. The minimum absolute atomic E-state index is 0.237. The predicted octanol–water partition coefficient (Wildman–Crippen LogP) is 1.84. The molecule has 0 spiro atoms. The van der Waals surface area contributed by atoms with Gasteiger partial charge in [0.2, 0.25) is 0 Å². The average Bonchev–Trinajstić information content (AvgIpc) is 2.40. The van der Waals surface area contributed by atoms with E-state index in [4.69, 9.17) is 4.74 Å². The van der Waals surface area contributed by atoms with Gasteiger partial charge in [-0.3, -0.25) is 0 Å². The third-order valence-electron chi connectivity index (χ3n) is 3.70. The van der Waals surface area contributed by atoms with E-state index in [1.54, 1.807) is 0 Å². The maximum Gasteiger partial charge on any atom is 0.0896 e. The summed E-state index contributed by atoms with van der Waals surface area (Å²) in [5, 5.41) is 3.41. The largest absolute Gasteiger partial charge is 0.374 e. The maximum atomic E-state index is 5.93. The zero-order chi connectivity index (χ0) is 13.0. The summed E-state index contributed by atoms with van der Waals surface area (Å²) in [5.41, 5.74) is 2.72. The van der Waals surface area contributed by atoms with Crippen LogP contribution in [0.1, 0.15) is 24.1 Å². The molecular weight excluding hydrogens is 224 g/mol. The highest BCUT2D eigenvalue weighted by molar-refractivity contribution is 5.27. The molecule has 100 valence electrons. The molecule has 0 aromatic heterocycles. The number of morpholine rings is 1. The molecule has 1 N–H and O–H groups in total. The molecule has 0 amide bonds. The summed E-state index contributed by atoms with van der Waals surface area (Å²) >= 11 is 0. The standard InChI is InChI=1S/C15H24N2O/c1-4-12-6-5-7-13(10-12)15(16-2)14-11-17(3)8-9-18-14/h5-7,10,14-16H,4,8-9,11H2,1-3H3. The number of hydrogen-bond acceptors (Lipinski definition) is 3. The zero-order valence-corrected chi connectivity index (χ0v) is 11.6. The zero-order valence-electron chi connectivity index (χ0n) is 11.6. The van der Waals surface area contributed by atoms with Gasteiger partial charge in [-0.1, -0.05) is 31.2 Å². The van der Waals surface area contributed by atoms with Crippen molar-refractivity contribution in [2.45, 2.75) is 25.5 Å². The van der Waals surface area contributed by atoms with Crippen LogP contribution in [0.3, 0.4) is 0 Å². The molecule has 2 rings (SSSR count). The highest BCUT2D eigenvalue weighted by Gasteiger charge is 2.26. The maximum absolute atomic E-state index is 5.93. The number of hydrogen-bond donors (Lipinski definition) is 1. The fourth-order valence-electron chi connectivity index (χ4n) is 2.59. The van der Waals surface area contributed by atoms with E-state index in [9.17, 15) is 0 Å². The van der Waals surface area contributed by atoms with Gasteiger partial charge in [0.15, 0.2) is 0 Å². The monoisotopic (exact) mass is 248 g/mol. The van der Waals surface area contributed by atoms with Crippen LogP contribution in [-0.2, 0) is 11.2 Å². The van der Waals surface area contributed by atoms with Crippen LogP contribution < -0.4 is 5.32 Å². The Hall–Kier alpha value is -0.900. The van der Waals surface area contributed by atoms with Crippen molar-refractivity contribution in [3.63, 3.8) is 0 Å².